The topological polar surface area (TPSA) is 12.0 Å². The summed E-state index contributed by atoms with van der Waals surface area (Å²) < 4.78 is 0. The number of rotatable bonds is 8. The molecular formula is C12H27N. The van der Waals surface area contributed by atoms with Crippen molar-refractivity contribution < 1.29 is 0 Å². The maximum atomic E-state index is 3.49. The van der Waals surface area contributed by atoms with Gasteiger partial charge in [0.25, 0.3) is 0 Å². The number of nitrogens with one attached hydrogen (secondary N) is 1. The van der Waals surface area contributed by atoms with E-state index in [2.05, 4.69) is 33.0 Å². The lowest BCUT2D eigenvalue weighted by Gasteiger charge is -2.15. The molecule has 0 heterocycles. The SMILES string of the molecule is CCCCC(CC)CCNC(C)C. The lowest BCUT2D eigenvalue weighted by Crippen LogP contribution is -2.25. The van der Waals surface area contributed by atoms with Crippen LogP contribution >= 0.6 is 0 Å². The van der Waals surface area contributed by atoms with Crippen molar-refractivity contribution >= 4 is 0 Å². The molecule has 13 heavy (non-hydrogen) atoms. The summed E-state index contributed by atoms with van der Waals surface area (Å²) in [5.74, 6) is 0.950. The average molecular weight is 185 g/mol. The normalized spacial score (nSPS) is 13.6. The van der Waals surface area contributed by atoms with Gasteiger partial charge in [-0.15, -0.1) is 0 Å². The van der Waals surface area contributed by atoms with Crippen LogP contribution in [0.15, 0.2) is 0 Å². The van der Waals surface area contributed by atoms with E-state index < -0.39 is 0 Å². The molecule has 0 spiro atoms. The first-order chi connectivity index (χ1) is 6.20. The highest BCUT2D eigenvalue weighted by Crippen LogP contribution is 2.15. The fraction of sp³-hybridized carbons (Fsp3) is 1.00. The highest BCUT2D eigenvalue weighted by molar-refractivity contribution is 4.61. The van der Waals surface area contributed by atoms with Crippen molar-refractivity contribution in [2.24, 2.45) is 5.92 Å². The second-order valence-electron chi connectivity index (χ2n) is 4.31. The van der Waals surface area contributed by atoms with Crippen molar-refractivity contribution in [3.63, 3.8) is 0 Å². The van der Waals surface area contributed by atoms with Crippen molar-refractivity contribution in [2.45, 2.75) is 65.8 Å². The largest absolute Gasteiger partial charge is 0.315 e. The van der Waals surface area contributed by atoms with E-state index in [1.165, 1.54) is 38.6 Å². The zero-order chi connectivity index (χ0) is 10.1. The molecule has 0 aromatic carbocycles. The summed E-state index contributed by atoms with van der Waals surface area (Å²) in [5, 5.41) is 3.49. The molecule has 0 rings (SSSR count). The van der Waals surface area contributed by atoms with Gasteiger partial charge in [0, 0.05) is 6.04 Å². The van der Waals surface area contributed by atoms with Gasteiger partial charge in [0.15, 0.2) is 0 Å². The van der Waals surface area contributed by atoms with Gasteiger partial charge in [0.05, 0.1) is 0 Å². The van der Waals surface area contributed by atoms with Crippen LogP contribution in [-0.2, 0) is 0 Å². The Kier molecular flexibility index (Phi) is 8.53. The molecule has 1 nitrogen and oxygen atoms in total. The number of unbranched alkanes of at least 4 members (excludes halogenated alkanes) is 1. The summed E-state index contributed by atoms with van der Waals surface area (Å²) in [6, 6.07) is 0.642. The van der Waals surface area contributed by atoms with Gasteiger partial charge in [0.1, 0.15) is 0 Å². The van der Waals surface area contributed by atoms with Gasteiger partial charge in [-0.2, -0.15) is 0 Å². The molecule has 0 amide bonds. The highest BCUT2D eigenvalue weighted by atomic mass is 14.9. The molecule has 0 aromatic heterocycles. The Hall–Kier alpha value is -0.0400. The summed E-state index contributed by atoms with van der Waals surface area (Å²) in [6.07, 6.45) is 6.87. The molecule has 0 aliphatic rings. The van der Waals surface area contributed by atoms with Gasteiger partial charge in [-0.1, -0.05) is 53.4 Å². The zero-order valence-corrected chi connectivity index (χ0v) is 9.90. The summed E-state index contributed by atoms with van der Waals surface area (Å²) in [4.78, 5) is 0. The molecule has 0 radical (unpaired) electrons. The third-order valence-electron chi connectivity index (χ3n) is 2.65. The molecule has 1 unspecified atom stereocenters. The van der Waals surface area contributed by atoms with Crippen LogP contribution in [0.4, 0.5) is 0 Å². The van der Waals surface area contributed by atoms with Gasteiger partial charge in [-0.25, -0.2) is 0 Å². The van der Waals surface area contributed by atoms with Crippen LogP contribution in [0, 0.1) is 5.92 Å². The lowest BCUT2D eigenvalue weighted by atomic mass is 9.96. The van der Waals surface area contributed by atoms with Gasteiger partial charge in [-0.05, 0) is 18.9 Å². The Morgan fingerprint density at radius 1 is 1.08 bits per heavy atom. The van der Waals surface area contributed by atoms with E-state index in [0.29, 0.717) is 6.04 Å². The second-order valence-corrected chi connectivity index (χ2v) is 4.31. The van der Waals surface area contributed by atoms with Crippen molar-refractivity contribution in [3.8, 4) is 0 Å². The van der Waals surface area contributed by atoms with Crippen molar-refractivity contribution in [1.82, 2.24) is 5.32 Å². The highest BCUT2D eigenvalue weighted by Gasteiger charge is 2.05. The average Bonchev–Trinajstić information content (AvgIpc) is 2.10. The Labute approximate surface area is 84.3 Å². The Balaban J connectivity index is 3.36. The fourth-order valence-electron chi connectivity index (χ4n) is 1.62. The van der Waals surface area contributed by atoms with E-state index in [1.807, 2.05) is 0 Å². The predicted octanol–water partition coefficient (Wildman–Crippen LogP) is 3.59. The standard InChI is InChI=1S/C12H27N/c1-5-7-8-12(6-2)9-10-13-11(3)4/h11-13H,5-10H2,1-4H3. The van der Waals surface area contributed by atoms with Crippen LogP contribution in [-0.4, -0.2) is 12.6 Å². The first-order valence-electron chi connectivity index (χ1n) is 5.94. The van der Waals surface area contributed by atoms with Gasteiger partial charge in [0.2, 0.25) is 0 Å². The molecule has 0 aliphatic heterocycles. The van der Waals surface area contributed by atoms with Crippen molar-refractivity contribution in [2.75, 3.05) is 6.54 Å². The summed E-state index contributed by atoms with van der Waals surface area (Å²) in [7, 11) is 0. The molecule has 0 fully saturated rings. The molecule has 0 aromatic rings. The molecule has 1 heteroatoms. The summed E-state index contributed by atoms with van der Waals surface area (Å²) in [5.41, 5.74) is 0. The smallest absolute Gasteiger partial charge is 0.00103 e. The minimum absolute atomic E-state index is 0.642. The monoisotopic (exact) mass is 185 g/mol. The van der Waals surface area contributed by atoms with Gasteiger partial charge < -0.3 is 5.32 Å². The number of hydrogen-bond donors (Lipinski definition) is 1. The van der Waals surface area contributed by atoms with Gasteiger partial charge in [-0.3, -0.25) is 0 Å². The molecule has 1 atom stereocenters. The Bertz CT molecular complexity index is 99.3. The minimum Gasteiger partial charge on any atom is -0.315 e. The quantitative estimate of drug-likeness (QED) is 0.609. The maximum Gasteiger partial charge on any atom is 0.00103 e. The first-order valence-corrected chi connectivity index (χ1v) is 5.94. The van der Waals surface area contributed by atoms with Crippen LogP contribution in [0.25, 0.3) is 0 Å². The van der Waals surface area contributed by atoms with Crippen LogP contribution in [0.2, 0.25) is 0 Å². The van der Waals surface area contributed by atoms with Crippen LogP contribution in [0.1, 0.15) is 59.8 Å². The molecule has 80 valence electrons. The van der Waals surface area contributed by atoms with E-state index in [1.54, 1.807) is 0 Å². The van der Waals surface area contributed by atoms with Crippen molar-refractivity contribution in [1.29, 1.82) is 0 Å². The first kappa shape index (κ1) is 13.0. The molecule has 0 saturated carbocycles. The van der Waals surface area contributed by atoms with E-state index >= 15 is 0 Å². The lowest BCUT2D eigenvalue weighted by molar-refractivity contribution is 0.401. The predicted molar refractivity (Wildman–Crippen MR) is 61.1 cm³/mol. The van der Waals surface area contributed by atoms with Crippen LogP contribution in [0.3, 0.4) is 0 Å². The van der Waals surface area contributed by atoms with Gasteiger partial charge >= 0.3 is 0 Å². The van der Waals surface area contributed by atoms with Crippen LogP contribution < -0.4 is 5.32 Å². The Morgan fingerprint density at radius 3 is 2.23 bits per heavy atom. The van der Waals surface area contributed by atoms with E-state index in [9.17, 15) is 0 Å². The summed E-state index contributed by atoms with van der Waals surface area (Å²) in [6.45, 7) is 10.2. The molecule has 0 aliphatic carbocycles. The van der Waals surface area contributed by atoms with Crippen LogP contribution in [0.5, 0.6) is 0 Å². The molecular weight excluding hydrogens is 158 g/mol. The zero-order valence-electron chi connectivity index (χ0n) is 9.90. The molecule has 1 N–H and O–H groups in total. The second kappa shape index (κ2) is 8.55. The van der Waals surface area contributed by atoms with E-state index in [0.717, 1.165) is 5.92 Å². The molecule has 0 saturated heterocycles. The summed E-state index contributed by atoms with van der Waals surface area (Å²) >= 11 is 0. The minimum atomic E-state index is 0.642. The van der Waals surface area contributed by atoms with E-state index in [-0.39, 0.29) is 0 Å². The Morgan fingerprint density at radius 2 is 1.77 bits per heavy atom. The number of hydrogen-bond acceptors (Lipinski definition) is 1. The van der Waals surface area contributed by atoms with Crippen molar-refractivity contribution in [3.05, 3.63) is 0 Å². The third kappa shape index (κ3) is 8.29. The fourth-order valence-corrected chi connectivity index (χ4v) is 1.62. The third-order valence-corrected chi connectivity index (χ3v) is 2.65. The van der Waals surface area contributed by atoms with E-state index in [4.69, 9.17) is 0 Å². The molecule has 0 bridgehead atoms. The maximum absolute atomic E-state index is 3.49.